The second kappa shape index (κ2) is 4.09. The van der Waals surface area contributed by atoms with Gasteiger partial charge in [0.2, 0.25) is 0 Å². The second-order valence-electron chi connectivity index (χ2n) is 3.99. The van der Waals surface area contributed by atoms with Crippen molar-refractivity contribution in [1.29, 1.82) is 0 Å². The molecule has 1 rings (SSSR count). The van der Waals surface area contributed by atoms with Gasteiger partial charge >= 0.3 is 5.97 Å². The zero-order valence-corrected chi connectivity index (χ0v) is 8.63. The van der Waals surface area contributed by atoms with Gasteiger partial charge in [0.15, 0.2) is 0 Å². The van der Waals surface area contributed by atoms with Crippen LogP contribution in [0.2, 0.25) is 0 Å². The third-order valence-electron chi connectivity index (χ3n) is 3.05. The molecule has 0 amide bonds. The molecule has 3 heteroatoms. The van der Waals surface area contributed by atoms with Crippen molar-refractivity contribution in [2.75, 3.05) is 14.2 Å². The summed E-state index contributed by atoms with van der Waals surface area (Å²) in [5.74, 6) is -0.0814. The molecule has 0 unspecified atom stereocenters. The summed E-state index contributed by atoms with van der Waals surface area (Å²) in [6, 6.07) is 0. The minimum absolute atomic E-state index is 0.0814. The van der Waals surface area contributed by atoms with Gasteiger partial charge < -0.3 is 9.47 Å². The van der Waals surface area contributed by atoms with Gasteiger partial charge in [-0.1, -0.05) is 0 Å². The lowest BCUT2D eigenvalue weighted by Gasteiger charge is -2.34. The van der Waals surface area contributed by atoms with Crippen molar-refractivity contribution in [3.8, 4) is 0 Å². The maximum absolute atomic E-state index is 11.4. The molecule has 3 nitrogen and oxygen atoms in total. The quantitative estimate of drug-likeness (QED) is 0.616. The molecule has 0 spiro atoms. The van der Waals surface area contributed by atoms with Gasteiger partial charge in [-0.05, 0) is 32.6 Å². The van der Waals surface area contributed by atoms with Gasteiger partial charge in [-0.15, -0.1) is 0 Å². The molecule has 0 heterocycles. The molecule has 1 saturated carbocycles. The molecule has 0 aromatic carbocycles. The van der Waals surface area contributed by atoms with Crippen molar-refractivity contribution in [1.82, 2.24) is 0 Å². The average Bonchev–Trinajstić information content (AvgIpc) is 2.18. The Hall–Kier alpha value is -0.570. The molecule has 0 aliphatic heterocycles. The van der Waals surface area contributed by atoms with E-state index in [0.29, 0.717) is 6.10 Å². The first-order valence-corrected chi connectivity index (χ1v) is 4.73. The van der Waals surface area contributed by atoms with Gasteiger partial charge in [-0.3, -0.25) is 4.79 Å². The first-order valence-electron chi connectivity index (χ1n) is 4.73. The lowest BCUT2D eigenvalue weighted by Crippen LogP contribution is -2.35. The van der Waals surface area contributed by atoms with Crippen LogP contribution in [-0.4, -0.2) is 26.3 Å². The average molecular weight is 186 g/mol. The summed E-state index contributed by atoms with van der Waals surface area (Å²) in [6.45, 7) is 1.98. The van der Waals surface area contributed by atoms with Crippen LogP contribution < -0.4 is 0 Å². The highest BCUT2D eigenvalue weighted by Gasteiger charge is 2.38. The van der Waals surface area contributed by atoms with Crippen molar-refractivity contribution in [2.45, 2.75) is 38.7 Å². The Labute approximate surface area is 79.4 Å². The van der Waals surface area contributed by atoms with E-state index in [9.17, 15) is 4.79 Å². The summed E-state index contributed by atoms with van der Waals surface area (Å²) >= 11 is 0. The predicted molar refractivity (Wildman–Crippen MR) is 49.4 cm³/mol. The van der Waals surface area contributed by atoms with Gasteiger partial charge in [0.25, 0.3) is 0 Å². The van der Waals surface area contributed by atoms with Crippen LogP contribution in [0.3, 0.4) is 0 Å². The summed E-state index contributed by atoms with van der Waals surface area (Å²) in [7, 11) is 3.18. The van der Waals surface area contributed by atoms with Gasteiger partial charge in [-0.25, -0.2) is 0 Å². The topological polar surface area (TPSA) is 35.5 Å². The van der Waals surface area contributed by atoms with Crippen molar-refractivity contribution < 1.29 is 14.3 Å². The first-order chi connectivity index (χ1) is 6.12. The zero-order chi connectivity index (χ0) is 9.90. The molecular formula is C10H18O3. The third kappa shape index (κ3) is 2.21. The van der Waals surface area contributed by atoms with Crippen molar-refractivity contribution in [2.24, 2.45) is 5.41 Å². The molecule has 1 fully saturated rings. The fraction of sp³-hybridized carbons (Fsp3) is 0.900. The Morgan fingerprint density at radius 1 is 1.31 bits per heavy atom. The monoisotopic (exact) mass is 186 g/mol. The molecule has 0 N–H and O–H groups in total. The largest absolute Gasteiger partial charge is 0.469 e. The van der Waals surface area contributed by atoms with Crippen molar-refractivity contribution >= 4 is 5.97 Å². The van der Waals surface area contributed by atoms with Gasteiger partial charge in [0.1, 0.15) is 0 Å². The van der Waals surface area contributed by atoms with E-state index in [0.717, 1.165) is 25.7 Å². The molecule has 76 valence electrons. The fourth-order valence-electron chi connectivity index (χ4n) is 1.91. The third-order valence-corrected chi connectivity index (χ3v) is 3.05. The predicted octanol–water partition coefficient (Wildman–Crippen LogP) is 1.75. The summed E-state index contributed by atoms with van der Waals surface area (Å²) < 4.78 is 10.0. The fourth-order valence-corrected chi connectivity index (χ4v) is 1.91. The number of rotatable bonds is 2. The molecule has 0 aromatic rings. The van der Waals surface area contributed by atoms with E-state index in [1.807, 2.05) is 6.92 Å². The summed E-state index contributed by atoms with van der Waals surface area (Å²) in [5, 5.41) is 0. The molecule has 0 aromatic heterocycles. The molecule has 1 aliphatic carbocycles. The first kappa shape index (κ1) is 10.5. The second-order valence-corrected chi connectivity index (χ2v) is 3.99. The van der Waals surface area contributed by atoms with E-state index in [1.54, 1.807) is 7.11 Å². The van der Waals surface area contributed by atoms with E-state index < -0.39 is 0 Å². The van der Waals surface area contributed by atoms with E-state index in [1.165, 1.54) is 7.11 Å². The van der Waals surface area contributed by atoms with E-state index in [4.69, 9.17) is 9.47 Å². The Kier molecular flexibility index (Phi) is 3.31. The van der Waals surface area contributed by atoms with E-state index in [-0.39, 0.29) is 11.4 Å². The maximum Gasteiger partial charge on any atom is 0.311 e. The van der Waals surface area contributed by atoms with Crippen LogP contribution in [0.15, 0.2) is 0 Å². The Balaban J connectivity index is 2.51. The van der Waals surface area contributed by atoms with Gasteiger partial charge in [-0.2, -0.15) is 0 Å². The van der Waals surface area contributed by atoms with Crippen LogP contribution in [0.25, 0.3) is 0 Å². The molecular weight excluding hydrogens is 168 g/mol. The van der Waals surface area contributed by atoms with Crippen LogP contribution in [0.4, 0.5) is 0 Å². The van der Waals surface area contributed by atoms with Crippen LogP contribution >= 0.6 is 0 Å². The van der Waals surface area contributed by atoms with Crippen LogP contribution in [-0.2, 0) is 14.3 Å². The number of esters is 1. The summed E-state index contributed by atoms with van der Waals surface area (Å²) in [5.41, 5.74) is -0.274. The van der Waals surface area contributed by atoms with E-state index >= 15 is 0 Å². The van der Waals surface area contributed by atoms with Crippen LogP contribution in [0, 0.1) is 5.41 Å². The summed E-state index contributed by atoms with van der Waals surface area (Å²) in [6.07, 6.45) is 4.00. The number of carbonyl (C=O) groups excluding carboxylic acids is 1. The highest BCUT2D eigenvalue weighted by molar-refractivity contribution is 5.76. The maximum atomic E-state index is 11.4. The Bertz CT molecular complexity index is 181. The SMILES string of the molecule is COC(=O)C1(C)CCC(OC)CC1. The molecule has 0 atom stereocenters. The lowest BCUT2D eigenvalue weighted by atomic mass is 9.75. The summed E-state index contributed by atoms with van der Waals surface area (Å²) in [4.78, 5) is 11.4. The molecule has 1 aliphatic rings. The highest BCUT2D eigenvalue weighted by atomic mass is 16.5. The number of carbonyl (C=O) groups is 1. The van der Waals surface area contributed by atoms with Crippen molar-refractivity contribution in [3.63, 3.8) is 0 Å². The minimum atomic E-state index is -0.274. The molecule has 0 radical (unpaired) electrons. The molecule has 0 bridgehead atoms. The number of methoxy groups -OCH3 is 2. The van der Waals surface area contributed by atoms with E-state index in [2.05, 4.69) is 0 Å². The highest BCUT2D eigenvalue weighted by Crippen LogP contribution is 2.37. The Morgan fingerprint density at radius 3 is 2.23 bits per heavy atom. The van der Waals surface area contributed by atoms with Crippen LogP contribution in [0.5, 0.6) is 0 Å². The number of hydrogen-bond donors (Lipinski definition) is 0. The van der Waals surface area contributed by atoms with Crippen LogP contribution in [0.1, 0.15) is 32.6 Å². The van der Waals surface area contributed by atoms with Gasteiger partial charge in [0, 0.05) is 7.11 Å². The lowest BCUT2D eigenvalue weighted by molar-refractivity contribution is -0.155. The van der Waals surface area contributed by atoms with Crippen molar-refractivity contribution in [3.05, 3.63) is 0 Å². The number of ether oxygens (including phenoxy) is 2. The van der Waals surface area contributed by atoms with Gasteiger partial charge in [0.05, 0.1) is 18.6 Å². The normalized spacial score (nSPS) is 34.2. The smallest absolute Gasteiger partial charge is 0.311 e. The molecule has 13 heavy (non-hydrogen) atoms. The Morgan fingerprint density at radius 2 is 1.85 bits per heavy atom. The zero-order valence-electron chi connectivity index (χ0n) is 8.63. The standard InChI is InChI=1S/C10H18O3/c1-10(9(11)13-3)6-4-8(12-2)5-7-10/h8H,4-7H2,1-3H3. The molecule has 0 saturated heterocycles. The number of hydrogen-bond acceptors (Lipinski definition) is 3. The minimum Gasteiger partial charge on any atom is -0.469 e.